The van der Waals surface area contributed by atoms with E-state index in [9.17, 15) is 13.6 Å². The molecule has 2 N–H and O–H groups in total. The molecule has 1 heterocycles. The van der Waals surface area contributed by atoms with Gasteiger partial charge in [0.25, 0.3) is 5.91 Å². The van der Waals surface area contributed by atoms with E-state index in [0.29, 0.717) is 23.9 Å². The van der Waals surface area contributed by atoms with Gasteiger partial charge in [0, 0.05) is 24.4 Å². The molecule has 1 aromatic heterocycles. The third-order valence-corrected chi connectivity index (χ3v) is 3.56. The lowest BCUT2D eigenvalue weighted by Crippen LogP contribution is -2.24. The number of benzene rings is 2. The molecule has 0 radical (unpaired) electrons. The van der Waals surface area contributed by atoms with Gasteiger partial charge < -0.3 is 10.6 Å². The van der Waals surface area contributed by atoms with Crippen molar-refractivity contribution in [3.8, 4) is 0 Å². The molecule has 26 heavy (non-hydrogen) atoms. The van der Waals surface area contributed by atoms with Crippen molar-refractivity contribution in [1.82, 2.24) is 15.3 Å². The van der Waals surface area contributed by atoms with Crippen molar-refractivity contribution in [1.29, 1.82) is 0 Å². The van der Waals surface area contributed by atoms with Gasteiger partial charge in [0.15, 0.2) is 11.6 Å². The summed E-state index contributed by atoms with van der Waals surface area (Å²) in [6, 6.07) is 14.3. The van der Waals surface area contributed by atoms with Crippen molar-refractivity contribution in [3.05, 3.63) is 83.3 Å². The fourth-order valence-electron chi connectivity index (χ4n) is 2.34. The van der Waals surface area contributed by atoms with E-state index in [-0.39, 0.29) is 11.6 Å². The lowest BCUT2D eigenvalue weighted by molar-refractivity contribution is 0.0945. The molecule has 7 heteroatoms. The SMILES string of the molecule is Cc1nc(Nc2ccc(F)c(F)c2)cc(C(=O)NCc2ccccc2)n1. The fraction of sp³-hybridized carbons (Fsp3) is 0.105. The molecule has 2 aromatic carbocycles. The normalized spacial score (nSPS) is 10.4. The summed E-state index contributed by atoms with van der Waals surface area (Å²) in [5.74, 6) is -1.57. The first kappa shape index (κ1) is 17.5. The predicted molar refractivity (Wildman–Crippen MR) is 94.0 cm³/mol. The van der Waals surface area contributed by atoms with Gasteiger partial charge in [-0.05, 0) is 24.6 Å². The van der Waals surface area contributed by atoms with E-state index in [2.05, 4.69) is 20.6 Å². The van der Waals surface area contributed by atoms with Crippen LogP contribution in [0.2, 0.25) is 0 Å². The minimum absolute atomic E-state index is 0.179. The van der Waals surface area contributed by atoms with Crippen molar-refractivity contribution in [2.75, 3.05) is 5.32 Å². The number of nitrogens with one attached hydrogen (secondary N) is 2. The van der Waals surface area contributed by atoms with Gasteiger partial charge in [0.1, 0.15) is 17.3 Å². The summed E-state index contributed by atoms with van der Waals surface area (Å²) in [4.78, 5) is 20.6. The number of amides is 1. The van der Waals surface area contributed by atoms with Crippen molar-refractivity contribution < 1.29 is 13.6 Å². The Hall–Kier alpha value is -3.35. The number of nitrogens with zero attached hydrogens (tertiary/aromatic N) is 2. The molecule has 0 saturated carbocycles. The highest BCUT2D eigenvalue weighted by molar-refractivity contribution is 5.93. The van der Waals surface area contributed by atoms with E-state index in [0.717, 1.165) is 17.7 Å². The summed E-state index contributed by atoms with van der Waals surface area (Å²) in [6.45, 7) is 2.01. The molecule has 0 bridgehead atoms. The van der Waals surface area contributed by atoms with Gasteiger partial charge in [0.05, 0.1) is 0 Å². The summed E-state index contributed by atoms with van der Waals surface area (Å²) in [5, 5.41) is 5.63. The third-order valence-electron chi connectivity index (χ3n) is 3.56. The van der Waals surface area contributed by atoms with E-state index < -0.39 is 11.6 Å². The predicted octanol–water partition coefficient (Wildman–Crippen LogP) is 3.74. The monoisotopic (exact) mass is 354 g/mol. The zero-order valence-electron chi connectivity index (χ0n) is 14.0. The molecule has 132 valence electrons. The van der Waals surface area contributed by atoms with Crippen LogP contribution in [0.15, 0.2) is 54.6 Å². The first-order valence-electron chi connectivity index (χ1n) is 7.91. The molecule has 3 aromatic rings. The van der Waals surface area contributed by atoms with Gasteiger partial charge in [-0.15, -0.1) is 0 Å². The minimum Gasteiger partial charge on any atom is -0.347 e. The van der Waals surface area contributed by atoms with Crippen LogP contribution in [-0.2, 0) is 6.54 Å². The summed E-state index contributed by atoms with van der Waals surface area (Å²) in [7, 11) is 0. The van der Waals surface area contributed by atoms with Gasteiger partial charge in [-0.25, -0.2) is 18.7 Å². The molecular weight excluding hydrogens is 338 g/mol. The molecule has 3 rings (SSSR count). The molecule has 0 aliphatic carbocycles. The average molecular weight is 354 g/mol. The zero-order valence-corrected chi connectivity index (χ0v) is 14.0. The Kier molecular flexibility index (Phi) is 5.17. The highest BCUT2D eigenvalue weighted by atomic mass is 19.2. The average Bonchev–Trinajstić information content (AvgIpc) is 2.63. The third kappa shape index (κ3) is 4.38. The number of aryl methyl sites for hydroxylation is 1. The van der Waals surface area contributed by atoms with E-state index >= 15 is 0 Å². The molecule has 0 aliphatic rings. The lowest BCUT2D eigenvalue weighted by Gasteiger charge is -2.09. The molecular formula is C19H16F2N4O. The Morgan fingerprint density at radius 3 is 2.50 bits per heavy atom. The summed E-state index contributed by atoms with van der Waals surface area (Å²) in [6.07, 6.45) is 0. The fourth-order valence-corrected chi connectivity index (χ4v) is 2.34. The molecule has 0 unspecified atom stereocenters. The zero-order chi connectivity index (χ0) is 18.5. The second kappa shape index (κ2) is 7.69. The Balaban J connectivity index is 1.74. The van der Waals surface area contributed by atoms with Crippen molar-refractivity contribution in [2.24, 2.45) is 0 Å². The van der Waals surface area contributed by atoms with E-state index in [4.69, 9.17) is 0 Å². The van der Waals surface area contributed by atoms with Crippen LogP contribution in [0.5, 0.6) is 0 Å². The number of hydrogen-bond donors (Lipinski definition) is 2. The first-order chi connectivity index (χ1) is 12.5. The number of aromatic nitrogens is 2. The van der Waals surface area contributed by atoms with Crippen LogP contribution >= 0.6 is 0 Å². The molecule has 0 atom stereocenters. The maximum absolute atomic E-state index is 13.3. The topological polar surface area (TPSA) is 66.9 Å². The highest BCUT2D eigenvalue weighted by Crippen LogP contribution is 2.18. The molecule has 0 aliphatic heterocycles. The summed E-state index contributed by atoms with van der Waals surface area (Å²) < 4.78 is 26.3. The van der Waals surface area contributed by atoms with E-state index in [1.54, 1.807) is 6.92 Å². The Morgan fingerprint density at radius 1 is 1.00 bits per heavy atom. The van der Waals surface area contributed by atoms with E-state index in [1.165, 1.54) is 12.1 Å². The quantitative estimate of drug-likeness (QED) is 0.733. The smallest absolute Gasteiger partial charge is 0.270 e. The number of hydrogen-bond acceptors (Lipinski definition) is 4. The Bertz CT molecular complexity index is 932. The first-order valence-corrected chi connectivity index (χ1v) is 7.91. The molecule has 0 saturated heterocycles. The van der Waals surface area contributed by atoms with Crippen LogP contribution in [0.4, 0.5) is 20.3 Å². The van der Waals surface area contributed by atoms with Crippen LogP contribution in [0.25, 0.3) is 0 Å². The largest absolute Gasteiger partial charge is 0.347 e. The van der Waals surface area contributed by atoms with Gasteiger partial charge >= 0.3 is 0 Å². The standard InChI is InChI=1S/C19H16F2N4O/c1-12-23-17(19(26)22-11-13-5-3-2-4-6-13)10-18(24-12)25-14-7-8-15(20)16(21)9-14/h2-10H,11H2,1H3,(H,22,26)(H,23,24,25). The molecule has 0 spiro atoms. The molecule has 5 nitrogen and oxygen atoms in total. The second-order valence-corrected chi connectivity index (χ2v) is 5.61. The van der Waals surface area contributed by atoms with Crippen molar-refractivity contribution in [3.63, 3.8) is 0 Å². The van der Waals surface area contributed by atoms with Gasteiger partial charge in [-0.1, -0.05) is 30.3 Å². The second-order valence-electron chi connectivity index (χ2n) is 5.61. The Morgan fingerprint density at radius 2 is 1.77 bits per heavy atom. The van der Waals surface area contributed by atoms with Crippen LogP contribution in [0, 0.1) is 18.6 Å². The summed E-state index contributed by atoms with van der Waals surface area (Å²) >= 11 is 0. The summed E-state index contributed by atoms with van der Waals surface area (Å²) in [5.41, 5.74) is 1.46. The number of carbonyl (C=O) groups is 1. The lowest BCUT2D eigenvalue weighted by atomic mass is 10.2. The maximum Gasteiger partial charge on any atom is 0.270 e. The van der Waals surface area contributed by atoms with Gasteiger partial charge in [-0.3, -0.25) is 4.79 Å². The number of anilines is 2. The van der Waals surface area contributed by atoms with Crippen LogP contribution in [0.1, 0.15) is 21.9 Å². The van der Waals surface area contributed by atoms with Crippen LogP contribution < -0.4 is 10.6 Å². The minimum atomic E-state index is -0.971. The van der Waals surface area contributed by atoms with Crippen LogP contribution in [-0.4, -0.2) is 15.9 Å². The highest BCUT2D eigenvalue weighted by Gasteiger charge is 2.11. The number of halogens is 2. The van der Waals surface area contributed by atoms with Crippen LogP contribution in [0.3, 0.4) is 0 Å². The van der Waals surface area contributed by atoms with Gasteiger partial charge in [0.2, 0.25) is 0 Å². The van der Waals surface area contributed by atoms with Gasteiger partial charge in [-0.2, -0.15) is 0 Å². The molecule has 0 fully saturated rings. The van der Waals surface area contributed by atoms with Crippen molar-refractivity contribution >= 4 is 17.4 Å². The van der Waals surface area contributed by atoms with E-state index in [1.807, 2.05) is 30.3 Å². The molecule has 1 amide bonds. The van der Waals surface area contributed by atoms with Crippen molar-refractivity contribution in [2.45, 2.75) is 13.5 Å². The maximum atomic E-state index is 13.3. The Labute approximate surface area is 149 Å². The number of carbonyl (C=O) groups excluding carboxylic acids is 1. The number of rotatable bonds is 5.